The maximum absolute atomic E-state index is 12.0. The van der Waals surface area contributed by atoms with Gasteiger partial charge in [0.15, 0.2) is 11.5 Å². The summed E-state index contributed by atoms with van der Waals surface area (Å²) < 4.78 is 22.4. The molecule has 0 saturated carbocycles. The van der Waals surface area contributed by atoms with Crippen LogP contribution in [0, 0.1) is 5.92 Å². The Morgan fingerprint density at radius 2 is 2.00 bits per heavy atom. The molecule has 0 bridgehead atoms. The van der Waals surface area contributed by atoms with Gasteiger partial charge in [0.25, 0.3) is 0 Å². The molecule has 1 atom stereocenters. The Labute approximate surface area is 110 Å². The highest BCUT2D eigenvalue weighted by Gasteiger charge is 2.19. The van der Waals surface area contributed by atoms with Crippen molar-refractivity contribution in [3.8, 4) is 11.5 Å². The molecule has 1 fully saturated rings. The zero-order valence-corrected chi connectivity index (χ0v) is 11.6. The van der Waals surface area contributed by atoms with Gasteiger partial charge in [0, 0.05) is 35.4 Å². The summed E-state index contributed by atoms with van der Waals surface area (Å²) in [6.07, 6.45) is 0. The van der Waals surface area contributed by atoms with Gasteiger partial charge >= 0.3 is 0 Å². The summed E-state index contributed by atoms with van der Waals surface area (Å²) in [5.41, 5.74) is 1.03. The molecule has 1 unspecified atom stereocenters. The van der Waals surface area contributed by atoms with Crippen molar-refractivity contribution in [2.75, 3.05) is 33.1 Å². The van der Waals surface area contributed by atoms with Crippen LogP contribution in [-0.4, -0.2) is 37.3 Å². The predicted octanol–water partition coefficient (Wildman–Crippen LogP) is 1.17. The van der Waals surface area contributed by atoms with E-state index in [0.717, 1.165) is 24.4 Å². The van der Waals surface area contributed by atoms with E-state index in [0.29, 0.717) is 23.2 Å². The maximum Gasteiger partial charge on any atom is 0.161 e. The van der Waals surface area contributed by atoms with Crippen molar-refractivity contribution in [3.63, 3.8) is 0 Å². The van der Waals surface area contributed by atoms with E-state index in [-0.39, 0.29) is 0 Å². The SMILES string of the molecule is COc1ccc(CS(=O)CC2CNC2)cc1OC. The van der Waals surface area contributed by atoms with Gasteiger partial charge < -0.3 is 14.8 Å². The number of nitrogens with one attached hydrogen (secondary N) is 1. The smallest absolute Gasteiger partial charge is 0.161 e. The molecule has 1 N–H and O–H groups in total. The Hall–Kier alpha value is -1.07. The first kappa shape index (κ1) is 13.4. The lowest BCUT2D eigenvalue weighted by Crippen LogP contribution is -2.44. The van der Waals surface area contributed by atoms with Gasteiger partial charge in [0.05, 0.1) is 14.2 Å². The van der Waals surface area contributed by atoms with Crippen LogP contribution in [0.3, 0.4) is 0 Å². The Morgan fingerprint density at radius 1 is 1.28 bits per heavy atom. The fourth-order valence-electron chi connectivity index (χ4n) is 1.94. The zero-order valence-electron chi connectivity index (χ0n) is 10.8. The summed E-state index contributed by atoms with van der Waals surface area (Å²) in [6.45, 7) is 2.00. The molecule has 100 valence electrons. The summed E-state index contributed by atoms with van der Waals surface area (Å²) in [4.78, 5) is 0. The summed E-state index contributed by atoms with van der Waals surface area (Å²) in [5, 5.41) is 3.19. The fourth-order valence-corrected chi connectivity index (χ4v) is 3.38. The van der Waals surface area contributed by atoms with Crippen molar-refractivity contribution in [1.82, 2.24) is 5.32 Å². The topological polar surface area (TPSA) is 47.6 Å². The third-order valence-corrected chi connectivity index (χ3v) is 4.56. The number of ether oxygens (including phenoxy) is 2. The van der Waals surface area contributed by atoms with Gasteiger partial charge in [-0.2, -0.15) is 0 Å². The Kier molecular flexibility index (Phi) is 4.60. The minimum Gasteiger partial charge on any atom is -0.493 e. The summed E-state index contributed by atoms with van der Waals surface area (Å²) >= 11 is 0. The molecule has 0 aliphatic carbocycles. The van der Waals surface area contributed by atoms with E-state index < -0.39 is 10.8 Å². The fraction of sp³-hybridized carbons (Fsp3) is 0.538. The number of hydrogen-bond donors (Lipinski definition) is 1. The minimum atomic E-state index is -0.805. The third kappa shape index (κ3) is 3.23. The Balaban J connectivity index is 1.97. The maximum atomic E-state index is 12.0. The van der Waals surface area contributed by atoms with Crippen LogP contribution in [0.25, 0.3) is 0 Å². The molecule has 0 aromatic heterocycles. The van der Waals surface area contributed by atoms with E-state index in [9.17, 15) is 4.21 Å². The molecule has 0 amide bonds. The second kappa shape index (κ2) is 6.20. The lowest BCUT2D eigenvalue weighted by atomic mass is 10.1. The van der Waals surface area contributed by atoms with E-state index in [1.165, 1.54) is 0 Å². The molecule has 18 heavy (non-hydrogen) atoms. The molecule has 0 radical (unpaired) electrons. The normalized spacial score (nSPS) is 17.0. The molecular formula is C13H19NO3S. The van der Waals surface area contributed by atoms with Crippen LogP contribution in [-0.2, 0) is 16.6 Å². The minimum absolute atomic E-state index is 0.575. The molecule has 1 aromatic rings. The van der Waals surface area contributed by atoms with Gasteiger partial charge in [-0.1, -0.05) is 6.07 Å². The predicted molar refractivity (Wildman–Crippen MR) is 72.6 cm³/mol. The van der Waals surface area contributed by atoms with Crippen molar-refractivity contribution in [3.05, 3.63) is 23.8 Å². The van der Waals surface area contributed by atoms with Crippen molar-refractivity contribution in [1.29, 1.82) is 0 Å². The highest BCUT2D eigenvalue weighted by molar-refractivity contribution is 7.84. The molecule has 1 heterocycles. The lowest BCUT2D eigenvalue weighted by molar-refractivity contribution is 0.354. The number of methoxy groups -OCH3 is 2. The number of hydrogen-bond acceptors (Lipinski definition) is 4. The largest absolute Gasteiger partial charge is 0.493 e. The average molecular weight is 269 g/mol. The van der Waals surface area contributed by atoms with Crippen LogP contribution in [0.15, 0.2) is 18.2 Å². The zero-order chi connectivity index (χ0) is 13.0. The monoisotopic (exact) mass is 269 g/mol. The molecular weight excluding hydrogens is 250 g/mol. The van der Waals surface area contributed by atoms with Gasteiger partial charge in [0.2, 0.25) is 0 Å². The number of rotatable bonds is 6. The highest BCUT2D eigenvalue weighted by Crippen LogP contribution is 2.28. The van der Waals surface area contributed by atoms with Crippen LogP contribution < -0.4 is 14.8 Å². The van der Waals surface area contributed by atoms with Gasteiger partial charge in [0.1, 0.15) is 0 Å². The second-order valence-corrected chi connectivity index (χ2v) is 5.97. The van der Waals surface area contributed by atoms with E-state index in [1.807, 2.05) is 18.2 Å². The Bertz CT molecular complexity index is 432. The van der Waals surface area contributed by atoms with E-state index >= 15 is 0 Å². The summed E-state index contributed by atoms with van der Waals surface area (Å²) in [7, 11) is 2.42. The average Bonchev–Trinajstić information content (AvgIpc) is 2.33. The molecule has 2 rings (SSSR count). The van der Waals surface area contributed by atoms with Gasteiger partial charge in [-0.3, -0.25) is 4.21 Å². The lowest BCUT2D eigenvalue weighted by Gasteiger charge is -2.26. The molecule has 5 heteroatoms. The molecule has 0 spiro atoms. The van der Waals surface area contributed by atoms with Crippen LogP contribution in [0.2, 0.25) is 0 Å². The Morgan fingerprint density at radius 3 is 2.56 bits per heavy atom. The van der Waals surface area contributed by atoms with Crippen LogP contribution in [0.5, 0.6) is 11.5 Å². The summed E-state index contributed by atoms with van der Waals surface area (Å²) in [6, 6.07) is 5.70. The first-order valence-electron chi connectivity index (χ1n) is 5.99. The van der Waals surface area contributed by atoms with Crippen LogP contribution in [0.4, 0.5) is 0 Å². The van der Waals surface area contributed by atoms with Gasteiger partial charge in [-0.05, 0) is 23.6 Å². The van der Waals surface area contributed by atoms with Crippen molar-refractivity contribution >= 4 is 10.8 Å². The molecule has 1 aliphatic rings. The number of benzene rings is 1. The molecule has 1 saturated heterocycles. The van der Waals surface area contributed by atoms with Crippen LogP contribution in [0.1, 0.15) is 5.56 Å². The van der Waals surface area contributed by atoms with Gasteiger partial charge in [-0.15, -0.1) is 0 Å². The standard InChI is InChI=1S/C13H19NO3S/c1-16-12-4-3-10(5-13(12)17-2)8-18(15)9-11-6-14-7-11/h3-5,11,14H,6-9H2,1-2H3. The molecule has 1 aliphatic heterocycles. The quantitative estimate of drug-likeness (QED) is 0.842. The first-order chi connectivity index (χ1) is 8.72. The van der Waals surface area contributed by atoms with Crippen LogP contribution >= 0.6 is 0 Å². The van der Waals surface area contributed by atoms with E-state index in [2.05, 4.69) is 5.32 Å². The van der Waals surface area contributed by atoms with Gasteiger partial charge in [-0.25, -0.2) is 0 Å². The highest BCUT2D eigenvalue weighted by atomic mass is 32.2. The third-order valence-electron chi connectivity index (χ3n) is 3.06. The van der Waals surface area contributed by atoms with Crippen molar-refractivity contribution < 1.29 is 13.7 Å². The summed E-state index contributed by atoms with van der Waals surface area (Å²) in [5.74, 6) is 3.33. The molecule has 1 aromatic carbocycles. The second-order valence-electron chi connectivity index (χ2n) is 4.46. The van der Waals surface area contributed by atoms with E-state index in [4.69, 9.17) is 9.47 Å². The first-order valence-corrected chi connectivity index (χ1v) is 7.48. The van der Waals surface area contributed by atoms with Crippen molar-refractivity contribution in [2.45, 2.75) is 5.75 Å². The van der Waals surface area contributed by atoms with Crippen molar-refractivity contribution in [2.24, 2.45) is 5.92 Å². The van der Waals surface area contributed by atoms with E-state index in [1.54, 1.807) is 14.2 Å². The molecule has 4 nitrogen and oxygen atoms in total.